The van der Waals surface area contributed by atoms with E-state index in [4.69, 9.17) is 10.3 Å². The molecule has 0 fully saturated rings. The van der Waals surface area contributed by atoms with Gasteiger partial charge in [-0.15, -0.1) is 0 Å². The first-order valence-electron chi connectivity index (χ1n) is 8.08. The maximum Gasteiger partial charge on any atom is 0.210 e. The second-order valence-electron chi connectivity index (χ2n) is 6.65. The lowest BCUT2D eigenvalue weighted by molar-refractivity contribution is -0.125. The van der Waals surface area contributed by atoms with E-state index in [9.17, 15) is 13.2 Å². The first kappa shape index (κ1) is 18.7. The van der Waals surface area contributed by atoms with Gasteiger partial charge in [0.05, 0.1) is 10.5 Å². The Kier molecular flexibility index (Phi) is 4.55. The number of carbonyl (C=O) groups excluding carboxylic acids is 1. The van der Waals surface area contributed by atoms with Crippen LogP contribution in [-0.4, -0.2) is 26.1 Å². The predicted molar refractivity (Wildman–Crippen MR) is 102 cm³/mol. The van der Waals surface area contributed by atoms with Crippen molar-refractivity contribution in [1.82, 2.24) is 0 Å². The van der Waals surface area contributed by atoms with Crippen molar-refractivity contribution in [2.75, 3.05) is 6.26 Å². The minimum Gasteiger partial charge on any atom is -0.478 e. The van der Waals surface area contributed by atoms with E-state index in [1.54, 1.807) is 50.2 Å². The number of ether oxygens (including phenoxy) is 1. The molecule has 27 heavy (non-hydrogen) atoms. The van der Waals surface area contributed by atoms with Gasteiger partial charge >= 0.3 is 0 Å². The number of benzene rings is 2. The van der Waals surface area contributed by atoms with Crippen molar-refractivity contribution in [3.05, 3.63) is 70.1 Å². The molecule has 1 heterocycles. The Bertz CT molecular complexity index is 1110. The molecule has 0 unspecified atom stereocenters. The minimum atomic E-state index is -3.34. The molecule has 7 nitrogen and oxygen atoms in total. The third kappa shape index (κ3) is 3.45. The quantitative estimate of drug-likeness (QED) is 0.446. The van der Waals surface area contributed by atoms with Crippen LogP contribution in [0.3, 0.4) is 0 Å². The number of carbonyl (C=O) groups is 1. The lowest BCUT2D eigenvalue weighted by Crippen LogP contribution is -2.29. The highest BCUT2D eigenvalue weighted by Gasteiger charge is 2.43. The second kappa shape index (κ2) is 6.57. The number of azide groups is 1. The van der Waals surface area contributed by atoms with E-state index in [1.807, 2.05) is 0 Å². The highest BCUT2D eigenvalue weighted by atomic mass is 32.2. The zero-order chi connectivity index (χ0) is 19.8. The van der Waals surface area contributed by atoms with E-state index in [0.717, 1.165) is 6.26 Å². The number of ketones is 1. The van der Waals surface area contributed by atoms with Gasteiger partial charge in [0.25, 0.3) is 0 Å². The molecule has 3 rings (SSSR count). The third-order valence-corrected chi connectivity index (χ3v) is 5.36. The van der Waals surface area contributed by atoms with E-state index < -0.39 is 15.4 Å². The van der Waals surface area contributed by atoms with Gasteiger partial charge in [-0.2, -0.15) is 0 Å². The highest BCUT2D eigenvalue weighted by Crippen LogP contribution is 2.43. The van der Waals surface area contributed by atoms with Crippen LogP contribution in [0, 0.1) is 0 Å². The Morgan fingerprint density at radius 2 is 1.70 bits per heavy atom. The van der Waals surface area contributed by atoms with Gasteiger partial charge in [-0.3, -0.25) is 4.79 Å². The maximum atomic E-state index is 13.0. The van der Waals surface area contributed by atoms with Gasteiger partial charge in [0.15, 0.2) is 15.4 Å². The molecule has 2 aromatic carbocycles. The number of Topliss-reactive ketones (excluding diaryl/α,β-unsaturated/α-hetero) is 1. The Hall–Kier alpha value is -3.09. The Balaban J connectivity index is 2.23. The molecule has 0 amide bonds. The normalized spacial score (nSPS) is 16.0. The van der Waals surface area contributed by atoms with Crippen LogP contribution in [0.25, 0.3) is 21.8 Å². The SMILES string of the molecule is CC1(C)OC(c2ccc(S(C)(=O)=O)cc2)=C(c2ccccc2N=[N+]=[N-])C1=O. The standard InChI is InChI=1S/C19H17N3O4S/c1-19(2)18(23)16(14-6-4-5-7-15(14)21-22-20)17(26-19)12-8-10-13(11-9-12)27(3,24)25/h4-11H,1-3H3. The summed E-state index contributed by atoms with van der Waals surface area (Å²) in [4.78, 5) is 16.0. The van der Waals surface area contributed by atoms with Crippen molar-refractivity contribution in [2.24, 2.45) is 5.11 Å². The summed E-state index contributed by atoms with van der Waals surface area (Å²) in [5, 5.41) is 3.67. The molecule has 0 N–H and O–H groups in total. The zero-order valence-corrected chi connectivity index (χ0v) is 15.8. The smallest absolute Gasteiger partial charge is 0.210 e. The molecular weight excluding hydrogens is 366 g/mol. The van der Waals surface area contributed by atoms with E-state index >= 15 is 0 Å². The van der Waals surface area contributed by atoms with Gasteiger partial charge < -0.3 is 4.74 Å². The Morgan fingerprint density at radius 1 is 1.07 bits per heavy atom. The first-order valence-corrected chi connectivity index (χ1v) is 9.97. The van der Waals surface area contributed by atoms with Gasteiger partial charge in [0.2, 0.25) is 5.78 Å². The van der Waals surface area contributed by atoms with Crippen molar-refractivity contribution in [3.8, 4) is 0 Å². The van der Waals surface area contributed by atoms with Gasteiger partial charge in [0.1, 0.15) is 5.76 Å². The van der Waals surface area contributed by atoms with Crippen LogP contribution < -0.4 is 0 Å². The lowest BCUT2D eigenvalue weighted by atomic mass is 9.92. The second-order valence-corrected chi connectivity index (χ2v) is 8.66. The minimum absolute atomic E-state index is 0.173. The maximum absolute atomic E-state index is 13.0. The van der Waals surface area contributed by atoms with Crippen molar-refractivity contribution in [1.29, 1.82) is 0 Å². The van der Waals surface area contributed by atoms with Gasteiger partial charge in [-0.1, -0.05) is 29.4 Å². The molecule has 0 saturated carbocycles. The summed E-state index contributed by atoms with van der Waals surface area (Å²) in [6.45, 7) is 3.31. The lowest BCUT2D eigenvalue weighted by Gasteiger charge is -2.18. The molecule has 0 aromatic heterocycles. The van der Waals surface area contributed by atoms with Crippen LogP contribution in [0.4, 0.5) is 5.69 Å². The van der Waals surface area contributed by atoms with Crippen molar-refractivity contribution < 1.29 is 17.9 Å². The molecule has 0 spiro atoms. The molecule has 0 atom stereocenters. The van der Waals surface area contributed by atoms with Crippen LogP contribution in [0.15, 0.2) is 58.5 Å². The van der Waals surface area contributed by atoms with Crippen molar-refractivity contribution in [2.45, 2.75) is 24.3 Å². The molecular formula is C19H17N3O4S. The number of hydrogen-bond acceptors (Lipinski definition) is 5. The predicted octanol–water partition coefficient (Wildman–Crippen LogP) is 4.28. The van der Waals surface area contributed by atoms with E-state index in [0.29, 0.717) is 28.1 Å². The molecule has 1 aliphatic heterocycles. The van der Waals surface area contributed by atoms with Crippen LogP contribution in [0.1, 0.15) is 25.0 Å². The largest absolute Gasteiger partial charge is 0.478 e. The fourth-order valence-electron chi connectivity index (χ4n) is 2.88. The summed E-state index contributed by atoms with van der Waals surface area (Å²) in [6.07, 6.45) is 1.13. The average molecular weight is 383 g/mol. The van der Waals surface area contributed by atoms with E-state index in [-0.39, 0.29) is 10.7 Å². The highest BCUT2D eigenvalue weighted by molar-refractivity contribution is 7.90. The van der Waals surface area contributed by atoms with E-state index in [1.165, 1.54) is 12.1 Å². The van der Waals surface area contributed by atoms with Gasteiger partial charge in [0, 0.05) is 22.4 Å². The molecule has 138 valence electrons. The zero-order valence-electron chi connectivity index (χ0n) is 15.0. The molecule has 0 bridgehead atoms. The van der Waals surface area contributed by atoms with E-state index in [2.05, 4.69) is 10.0 Å². The van der Waals surface area contributed by atoms with Crippen LogP contribution in [0.2, 0.25) is 0 Å². The number of hydrogen-bond donors (Lipinski definition) is 0. The Labute approximate surface area is 156 Å². The number of rotatable bonds is 4. The monoisotopic (exact) mass is 383 g/mol. The molecule has 2 aromatic rings. The summed E-state index contributed by atoms with van der Waals surface area (Å²) in [5.74, 6) is 0.0796. The molecule has 0 radical (unpaired) electrons. The number of nitrogens with zero attached hydrogens (tertiary/aromatic N) is 3. The summed E-state index contributed by atoms with van der Waals surface area (Å²) in [6, 6.07) is 12.9. The third-order valence-electron chi connectivity index (χ3n) is 4.23. The van der Waals surface area contributed by atoms with Crippen LogP contribution in [0.5, 0.6) is 0 Å². The molecule has 0 saturated heterocycles. The molecule has 1 aliphatic rings. The fraction of sp³-hybridized carbons (Fsp3) is 0.211. The van der Waals surface area contributed by atoms with Crippen molar-refractivity contribution in [3.63, 3.8) is 0 Å². The molecule has 8 heteroatoms. The van der Waals surface area contributed by atoms with Crippen molar-refractivity contribution >= 4 is 32.6 Å². The first-order chi connectivity index (χ1) is 12.6. The van der Waals surface area contributed by atoms with Gasteiger partial charge in [-0.05, 0) is 49.2 Å². The average Bonchev–Trinajstić information content (AvgIpc) is 2.85. The van der Waals surface area contributed by atoms with Crippen LogP contribution >= 0.6 is 0 Å². The topological polar surface area (TPSA) is 109 Å². The summed E-state index contributed by atoms with van der Waals surface area (Å²) in [5.41, 5.74) is 9.36. The summed E-state index contributed by atoms with van der Waals surface area (Å²) in [7, 11) is -3.34. The summed E-state index contributed by atoms with van der Waals surface area (Å²) < 4.78 is 29.3. The number of sulfone groups is 1. The Morgan fingerprint density at radius 3 is 2.30 bits per heavy atom. The van der Waals surface area contributed by atoms with Gasteiger partial charge in [-0.25, -0.2) is 8.42 Å². The summed E-state index contributed by atoms with van der Waals surface area (Å²) >= 11 is 0. The molecule has 0 aliphatic carbocycles. The van der Waals surface area contributed by atoms with Crippen LogP contribution in [-0.2, 0) is 19.4 Å². The fourth-order valence-corrected chi connectivity index (χ4v) is 3.51.